The number of aliphatic hydroxyl groups is 4. The number of aromatic nitrogens is 1. The second-order valence-corrected chi connectivity index (χ2v) is 11.9. The van der Waals surface area contributed by atoms with Crippen LogP contribution in [0.25, 0.3) is 22.6 Å². The molecule has 6 rings (SSSR count). The minimum atomic E-state index is -0.474. The molecule has 0 aliphatic carbocycles. The van der Waals surface area contributed by atoms with Gasteiger partial charge in [0.1, 0.15) is 30.8 Å². The van der Waals surface area contributed by atoms with Crippen molar-refractivity contribution in [2.45, 2.75) is 39.5 Å². The topological polar surface area (TPSA) is 185 Å². The molecule has 13 heteroatoms. The Balaban J connectivity index is 1.13. The van der Waals surface area contributed by atoms with Gasteiger partial charge < -0.3 is 54.5 Å². The van der Waals surface area contributed by atoms with Gasteiger partial charge in [-0.25, -0.2) is 0 Å². The average molecular weight is 698 g/mol. The molecule has 1 atom stereocenters. The maximum atomic E-state index is 12.7. The zero-order valence-corrected chi connectivity index (χ0v) is 28.4. The monoisotopic (exact) mass is 697 g/mol. The van der Waals surface area contributed by atoms with Crippen LogP contribution < -0.4 is 29.6 Å². The molecule has 1 aromatic heterocycles. The molecule has 0 fully saturated rings. The highest BCUT2D eigenvalue weighted by Crippen LogP contribution is 2.42. The first kappa shape index (κ1) is 35.2. The molecule has 5 aromatic rings. The molecule has 2 heterocycles. The van der Waals surface area contributed by atoms with Crippen molar-refractivity contribution < 1.29 is 48.7 Å². The fraction of sp³-hybridized carbons (Fsp3) is 0.263. The minimum absolute atomic E-state index is 0.117. The normalized spacial score (nSPS) is 13.6. The van der Waals surface area contributed by atoms with Gasteiger partial charge in [0.25, 0.3) is 5.91 Å². The average Bonchev–Trinajstić information content (AvgIpc) is 3.66. The summed E-state index contributed by atoms with van der Waals surface area (Å²) in [6, 6.07) is 19.6. The van der Waals surface area contributed by atoms with Gasteiger partial charge >= 0.3 is 0 Å². The number of fused-ring (bicyclic) bond motifs is 1. The molecule has 1 amide bonds. The number of anilines is 1. The third-order valence-electron chi connectivity index (χ3n) is 8.66. The number of aliphatic hydroxyl groups excluding tert-OH is 4. The number of hydrogen-bond donors (Lipinski definition) is 6. The van der Waals surface area contributed by atoms with Crippen LogP contribution in [0.15, 0.2) is 71.3 Å². The van der Waals surface area contributed by atoms with Crippen LogP contribution in [0.4, 0.5) is 5.69 Å². The fourth-order valence-electron chi connectivity index (χ4n) is 6.02. The maximum Gasteiger partial charge on any atom is 0.255 e. The van der Waals surface area contributed by atoms with E-state index in [-0.39, 0.29) is 45.5 Å². The first-order valence-electron chi connectivity index (χ1n) is 16.2. The molecule has 51 heavy (non-hydrogen) atoms. The van der Waals surface area contributed by atoms with E-state index < -0.39 is 6.17 Å². The van der Waals surface area contributed by atoms with Gasteiger partial charge in [0.2, 0.25) is 5.75 Å². The molecular formula is C38H39N3O10. The summed E-state index contributed by atoms with van der Waals surface area (Å²) in [6.07, 6.45) is -0.474. The highest BCUT2D eigenvalue weighted by Gasteiger charge is 2.25. The molecule has 266 valence electrons. The highest BCUT2D eigenvalue weighted by atomic mass is 16.6. The van der Waals surface area contributed by atoms with Gasteiger partial charge in [0.05, 0.1) is 46.2 Å². The van der Waals surface area contributed by atoms with Crippen LogP contribution in [0.3, 0.4) is 0 Å². The van der Waals surface area contributed by atoms with Gasteiger partial charge in [-0.1, -0.05) is 22.9 Å². The molecule has 0 bridgehead atoms. The highest BCUT2D eigenvalue weighted by molar-refractivity contribution is 6.01. The van der Waals surface area contributed by atoms with E-state index in [0.29, 0.717) is 73.4 Å². The van der Waals surface area contributed by atoms with E-state index in [9.17, 15) is 25.2 Å². The molecule has 6 N–H and O–H groups in total. The number of carbonyl (C=O) groups excluding carboxylic acids is 1. The zero-order chi connectivity index (χ0) is 36.1. The Morgan fingerprint density at radius 2 is 1.41 bits per heavy atom. The molecule has 4 aromatic carbocycles. The van der Waals surface area contributed by atoms with Gasteiger partial charge in [-0.15, -0.1) is 0 Å². The lowest BCUT2D eigenvalue weighted by molar-refractivity contribution is 0.0935. The maximum absolute atomic E-state index is 12.7. The minimum Gasteiger partial charge on any atom is -0.493 e. The molecule has 0 saturated carbocycles. The van der Waals surface area contributed by atoms with E-state index in [1.165, 1.54) is 14.2 Å². The Labute approximate surface area is 294 Å². The Morgan fingerprint density at radius 3 is 2.06 bits per heavy atom. The van der Waals surface area contributed by atoms with Crippen molar-refractivity contribution in [3.63, 3.8) is 0 Å². The summed E-state index contributed by atoms with van der Waals surface area (Å²) in [7, 11) is 3.00. The fourth-order valence-corrected chi connectivity index (χ4v) is 6.02. The van der Waals surface area contributed by atoms with Crippen LogP contribution in [-0.4, -0.2) is 58.9 Å². The van der Waals surface area contributed by atoms with Crippen molar-refractivity contribution in [3.8, 4) is 45.6 Å². The summed E-state index contributed by atoms with van der Waals surface area (Å²) in [5.41, 5.74) is 6.73. The van der Waals surface area contributed by atoms with Gasteiger partial charge in [-0.3, -0.25) is 4.79 Å². The second kappa shape index (κ2) is 15.5. The van der Waals surface area contributed by atoms with E-state index in [0.717, 1.165) is 16.8 Å². The quantitative estimate of drug-likeness (QED) is 0.0887. The van der Waals surface area contributed by atoms with Crippen molar-refractivity contribution >= 4 is 11.6 Å². The lowest BCUT2D eigenvalue weighted by atomic mass is 9.97. The molecule has 0 saturated heterocycles. The largest absolute Gasteiger partial charge is 0.493 e. The number of methoxy groups -OCH3 is 2. The van der Waals surface area contributed by atoms with E-state index in [1.807, 2.05) is 31.2 Å². The van der Waals surface area contributed by atoms with E-state index in [1.54, 1.807) is 42.5 Å². The third kappa shape index (κ3) is 7.32. The second-order valence-electron chi connectivity index (χ2n) is 11.9. The number of nitrogens with zero attached hydrogens (tertiary/aromatic N) is 1. The first-order chi connectivity index (χ1) is 24.8. The van der Waals surface area contributed by atoms with Crippen LogP contribution in [0.5, 0.6) is 23.0 Å². The summed E-state index contributed by atoms with van der Waals surface area (Å²) in [5, 5.41) is 49.9. The summed E-state index contributed by atoms with van der Waals surface area (Å²) >= 11 is 0. The van der Waals surface area contributed by atoms with Crippen molar-refractivity contribution in [2.24, 2.45) is 0 Å². The third-order valence-corrected chi connectivity index (χ3v) is 8.66. The van der Waals surface area contributed by atoms with Gasteiger partial charge in [0, 0.05) is 28.4 Å². The van der Waals surface area contributed by atoms with Gasteiger partial charge in [0.15, 0.2) is 17.3 Å². The number of carbonyl (C=O) groups is 1. The van der Waals surface area contributed by atoms with Crippen molar-refractivity contribution in [1.82, 2.24) is 10.5 Å². The summed E-state index contributed by atoms with van der Waals surface area (Å²) < 4.78 is 28.9. The van der Waals surface area contributed by atoms with Crippen molar-refractivity contribution in [2.75, 3.05) is 32.8 Å². The van der Waals surface area contributed by atoms with E-state index >= 15 is 0 Å². The SMILES string of the molecule is COc1cc(-c2cc(-c3cc(CO)c(CO)c(CO)c3)no2)cc(OC)c1OCCOc1ccc(C2NC(=O)c3cc(C)ccc3N2)cc1CO. The number of benzene rings is 4. The van der Waals surface area contributed by atoms with Gasteiger partial charge in [-0.2, -0.15) is 0 Å². The van der Waals surface area contributed by atoms with Crippen molar-refractivity contribution in [3.05, 3.63) is 106 Å². The summed E-state index contributed by atoms with van der Waals surface area (Å²) in [5.74, 6) is 1.80. The lowest BCUT2D eigenvalue weighted by Crippen LogP contribution is -2.38. The zero-order valence-electron chi connectivity index (χ0n) is 28.4. The van der Waals surface area contributed by atoms with Crippen LogP contribution in [0.2, 0.25) is 0 Å². The molecule has 1 aliphatic rings. The molecular weight excluding hydrogens is 658 g/mol. The predicted octanol–water partition coefficient (Wildman–Crippen LogP) is 4.62. The number of hydrogen-bond acceptors (Lipinski definition) is 12. The molecule has 1 unspecified atom stereocenters. The number of ether oxygens (including phenoxy) is 4. The van der Waals surface area contributed by atoms with E-state index in [4.69, 9.17) is 23.5 Å². The molecule has 0 spiro atoms. The number of aryl methyl sites for hydroxylation is 1. The number of amides is 1. The number of rotatable bonds is 14. The molecule has 1 aliphatic heterocycles. The van der Waals surface area contributed by atoms with Crippen LogP contribution in [-0.2, 0) is 26.4 Å². The standard InChI is InChI=1S/C38H39N3O10/c1-21-4-6-30-28(10-21)38(46)40-37(39-30)22-5-7-32(27(11-22)19-44)49-8-9-50-36-34(47-2)14-24(15-35(36)48-3)33-16-31(41-51-33)23-12-25(17-42)29(20-45)26(13-23)18-43/h4-7,10-16,37,39,42-45H,8-9,17-20H2,1-3H3,(H,40,46). The number of nitrogens with one attached hydrogen (secondary N) is 2. The smallest absolute Gasteiger partial charge is 0.255 e. The van der Waals surface area contributed by atoms with Gasteiger partial charge in [-0.05, 0) is 77.7 Å². The Bertz CT molecular complexity index is 1990. The van der Waals surface area contributed by atoms with Crippen LogP contribution in [0, 0.1) is 6.92 Å². The van der Waals surface area contributed by atoms with Crippen LogP contribution in [0.1, 0.15) is 49.9 Å². The molecule has 0 radical (unpaired) electrons. The van der Waals surface area contributed by atoms with Crippen molar-refractivity contribution in [1.29, 1.82) is 0 Å². The first-order valence-corrected chi connectivity index (χ1v) is 16.2. The molecule has 13 nitrogen and oxygen atoms in total. The summed E-state index contributed by atoms with van der Waals surface area (Å²) in [4.78, 5) is 12.7. The Hall–Kier alpha value is -5.60. The van der Waals surface area contributed by atoms with E-state index in [2.05, 4.69) is 15.8 Å². The Morgan fingerprint density at radius 1 is 0.725 bits per heavy atom. The Kier molecular flexibility index (Phi) is 10.7. The van der Waals surface area contributed by atoms with Crippen LogP contribution >= 0.6 is 0 Å². The summed E-state index contributed by atoms with van der Waals surface area (Å²) in [6.45, 7) is 0.972. The predicted molar refractivity (Wildman–Crippen MR) is 187 cm³/mol. The lowest BCUT2D eigenvalue weighted by Gasteiger charge is -2.29.